The first-order valence-electron chi connectivity index (χ1n) is 22.9. The molecule has 0 aromatic heterocycles. The minimum atomic E-state index is -3.27. The molecule has 3 aromatic rings. The van der Waals surface area contributed by atoms with E-state index in [1.807, 2.05) is 62.9 Å². The van der Waals surface area contributed by atoms with Gasteiger partial charge in [0.15, 0.2) is 0 Å². The second-order valence-corrected chi connectivity index (χ2v) is 19.4. The molecule has 6 aliphatic rings. The van der Waals surface area contributed by atoms with Crippen molar-refractivity contribution >= 4 is 46.4 Å². The summed E-state index contributed by atoms with van der Waals surface area (Å²) in [4.78, 5) is 69.8. The molecule has 65 heavy (non-hydrogen) atoms. The van der Waals surface area contributed by atoms with Gasteiger partial charge in [-0.3, -0.25) is 29.2 Å². The van der Waals surface area contributed by atoms with Crippen LogP contribution in [0.2, 0.25) is 0 Å². The molecule has 338 valence electrons. The summed E-state index contributed by atoms with van der Waals surface area (Å²) >= 11 is 0. The van der Waals surface area contributed by atoms with Gasteiger partial charge in [-0.15, -0.1) is 0 Å². The minimum absolute atomic E-state index is 0.0127. The maximum Gasteiger partial charge on any atom is 0.306 e. The van der Waals surface area contributed by atoms with Crippen LogP contribution < -0.4 is 0 Å². The van der Waals surface area contributed by atoms with Crippen molar-refractivity contribution in [1.82, 2.24) is 9.80 Å². The Balaban J connectivity index is 0.907. The number of rotatable bonds is 12. The van der Waals surface area contributed by atoms with Gasteiger partial charge < -0.3 is 24.1 Å². The Kier molecular flexibility index (Phi) is 11.6. The number of allylic oxidation sites excluding steroid dienone is 1. The molecular formula is C52H55F2N5O6. The maximum atomic E-state index is 16.7. The lowest BCUT2D eigenvalue weighted by Gasteiger charge is -2.38. The van der Waals surface area contributed by atoms with E-state index in [-0.39, 0.29) is 66.2 Å². The number of carbonyl (C=O) groups is 4. The highest BCUT2D eigenvalue weighted by Crippen LogP contribution is 2.53. The molecule has 2 amide bonds. The standard InChI is InChI=1S/C52H55F2N5O6/c1-27(2)39(23-47(60)64-6)50(62)58-26-35(55-5)22-46(58)44-21-34(25-56-44)31-10-14-38-37-13-9-30(18-41(37)52(53,54)42(38)19-31)29-11-15-43-33(16-29)20-45(57-43)49-32-8-12-36(17-32)59(49)51(63)40(28(3)4)24-48(61)65-7/h9-11,13-16,18-19,25,27-28,32,35-36,39-40,46,49H,8,12,17,20-24,26H2,1-4,6-7H3/t32-,35-,36+,39+,40-,46-,49-/m0/s1. The Labute approximate surface area is 378 Å². The molecule has 4 aliphatic heterocycles. The summed E-state index contributed by atoms with van der Waals surface area (Å²) in [5.41, 5.74) is 7.12. The number of fused-ring (bicyclic) bond motifs is 6. The van der Waals surface area contributed by atoms with Crippen molar-refractivity contribution in [3.8, 4) is 22.3 Å². The zero-order chi connectivity index (χ0) is 46.1. The highest BCUT2D eigenvalue weighted by Gasteiger charge is 2.52. The van der Waals surface area contributed by atoms with Gasteiger partial charge in [0.1, 0.15) is 0 Å². The molecule has 4 heterocycles. The molecule has 0 spiro atoms. The van der Waals surface area contributed by atoms with E-state index in [1.54, 1.807) is 35.4 Å². The van der Waals surface area contributed by atoms with Crippen molar-refractivity contribution < 1.29 is 37.4 Å². The number of nitrogens with zero attached hydrogens (tertiary/aromatic N) is 5. The third kappa shape index (κ3) is 7.76. The second-order valence-electron chi connectivity index (χ2n) is 19.4. The van der Waals surface area contributed by atoms with Crippen molar-refractivity contribution in [3.63, 3.8) is 0 Å². The van der Waals surface area contributed by atoms with Crippen LogP contribution in [0.4, 0.5) is 14.5 Å². The third-order valence-corrected chi connectivity index (χ3v) is 15.0. The van der Waals surface area contributed by atoms with Gasteiger partial charge in [-0.2, -0.15) is 8.78 Å². The van der Waals surface area contributed by atoms with Crippen molar-refractivity contribution in [2.24, 2.45) is 39.6 Å². The van der Waals surface area contributed by atoms with E-state index in [0.29, 0.717) is 53.1 Å². The van der Waals surface area contributed by atoms with Crippen LogP contribution in [0.15, 0.2) is 70.8 Å². The number of piperidine rings is 1. The minimum Gasteiger partial charge on any atom is -0.469 e. The van der Waals surface area contributed by atoms with E-state index in [4.69, 9.17) is 26.0 Å². The summed E-state index contributed by atoms with van der Waals surface area (Å²) in [5, 5.41) is 0. The monoisotopic (exact) mass is 883 g/mol. The third-order valence-electron chi connectivity index (χ3n) is 15.0. The number of hydrogen-bond donors (Lipinski definition) is 0. The highest BCUT2D eigenvalue weighted by molar-refractivity contribution is 6.04. The molecular weight excluding hydrogens is 829 g/mol. The fourth-order valence-electron chi connectivity index (χ4n) is 11.4. The Bertz CT molecular complexity index is 2630. The zero-order valence-electron chi connectivity index (χ0n) is 37.8. The zero-order valence-corrected chi connectivity index (χ0v) is 37.8. The first kappa shape index (κ1) is 44.2. The number of hydrogen-bond acceptors (Lipinski definition) is 8. The normalized spacial score (nSPS) is 24.3. The summed E-state index contributed by atoms with van der Waals surface area (Å²) < 4.78 is 43.2. The fourth-order valence-corrected chi connectivity index (χ4v) is 11.4. The first-order valence-corrected chi connectivity index (χ1v) is 22.9. The number of aliphatic imine (C=N–C) groups is 2. The fraction of sp³-hybridized carbons (Fsp3) is 0.481. The predicted octanol–water partition coefficient (Wildman–Crippen LogP) is 9.23. The Morgan fingerprint density at radius 1 is 0.800 bits per heavy atom. The van der Waals surface area contributed by atoms with Crippen LogP contribution in [0, 0.1) is 36.2 Å². The molecule has 0 radical (unpaired) electrons. The lowest BCUT2D eigenvalue weighted by atomic mass is 9.87. The maximum absolute atomic E-state index is 16.7. The van der Waals surface area contributed by atoms with Crippen molar-refractivity contribution in [3.05, 3.63) is 94.5 Å². The second kappa shape index (κ2) is 17.1. The molecule has 3 fully saturated rings. The number of amides is 2. The van der Waals surface area contributed by atoms with Crippen molar-refractivity contribution in [1.29, 1.82) is 0 Å². The van der Waals surface area contributed by atoms with Gasteiger partial charge in [0.25, 0.3) is 5.92 Å². The number of alkyl halides is 2. The van der Waals surface area contributed by atoms with Gasteiger partial charge in [0.2, 0.25) is 17.9 Å². The molecule has 2 aliphatic carbocycles. The van der Waals surface area contributed by atoms with E-state index in [2.05, 4.69) is 4.85 Å². The van der Waals surface area contributed by atoms with Gasteiger partial charge in [0, 0.05) is 47.6 Å². The number of benzene rings is 3. The lowest BCUT2D eigenvalue weighted by molar-refractivity contribution is -0.149. The molecule has 0 N–H and O–H groups in total. The largest absolute Gasteiger partial charge is 0.469 e. The molecule has 2 bridgehead atoms. The SMILES string of the molecule is [C-]#[N+][C@H]1C[C@@H](C2=NC=C(c3ccc4c(c3)C(F)(F)c3cc(-c5ccc6c(c5)CC([C@@H]5[C@H]7CC[C@H](C7)N5C(=O)[C@@H](CC(=O)OC)C(C)C)=N6)ccc3-4)C2)N(C(=O)[C@H](CC(=O)OC)C(C)C)C1. The Morgan fingerprint density at radius 2 is 1.42 bits per heavy atom. The number of likely N-dealkylation sites (tertiary alicyclic amines) is 2. The van der Waals surface area contributed by atoms with Gasteiger partial charge in [-0.05, 0) is 100 Å². The summed E-state index contributed by atoms with van der Waals surface area (Å²) in [6, 6.07) is 15.4. The van der Waals surface area contributed by atoms with E-state index < -0.39 is 41.8 Å². The Hall–Kier alpha value is -6.03. The summed E-state index contributed by atoms with van der Waals surface area (Å²) in [5.74, 6) is -5.31. The molecule has 13 heteroatoms. The average molecular weight is 884 g/mol. The molecule has 0 unspecified atom stereocenters. The summed E-state index contributed by atoms with van der Waals surface area (Å²) in [6.45, 7) is 15.7. The summed E-state index contributed by atoms with van der Waals surface area (Å²) in [6.07, 6.45) is 5.87. The van der Waals surface area contributed by atoms with Crippen LogP contribution in [0.5, 0.6) is 0 Å². The van der Waals surface area contributed by atoms with Crippen LogP contribution in [-0.2, 0) is 41.0 Å². The molecule has 9 rings (SSSR count). The average Bonchev–Trinajstić information content (AvgIpc) is 4.17. The van der Waals surface area contributed by atoms with Gasteiger partial charge in [-0.1, -0.05) is 58.0 Å². The van der Waals surface area contributed by atoms with Gasteiger partial charge >= 0.3 is 11.9 Å². The van der Waals surface area contributed by atoms with Gasteiger partial charge in [0.05, 0.1) is 69.6 Å². The first-order chi connectivity index (χ1) is 31.1. The lowest BCUT2D eigenvalue weighted by Crippen LogP contribution is -2.52. The predicted molar refractivity (Wildman–Crippen MR) is 243 cm³/mol. The van der Waals surface area contributed by atoms with Crippen LogP contribution in [0.3, 0.4) is 0 Å². The quantitative estimate of drug-likeness (QED) is 0.132. The molecule has 3 aromatic carbocycles. The summed E-state index contributed by atoms with van der Waals surface area (Å²) in [7, 11) is 2.64. The van der Waals surface area contributed by atoms with E-state index >= 15 is 8.78 Å². The van der Waals surface area contributed by atoms with E-state index in [9.17, 15) is 19.2 Å². The Morgan fingerprint density at radius 3 is 2.06 bits per heavy atom. The number of esters is 2. The highest BCUT2D eigenvalue weighted by atomic mass is 19.3. The molecule has 1 saturated carbocycles. The van der Waals surface area contributed by atoms with Crippen LogP contribution in [0.25, 0.3) is 32.7 Å². The number of ether oxygens (including phenoxy) is 2. The van der Waals surface area contributed by atoms with Crippen molar-refractivity contribution in [2.45, 2.75) is 109 Å². The number of halogens is 2. The van der Waals surface area contributed by atoms with Crippen LogP contribution >= 0.6 is 0 Å². The van der Waals surface area contributed by atoms with Crippen LogP contribution in [0.1, 0.15) is 94.9 Å². The topological polar surface area (TPSA) is 122 Å². The van der Waals surface area contributed by atoms with Crippen LogP contribution in [-0.4, -0.2) is 89.9 Å². The molecule has 2 saturated heterocycles. The smallest absolute Gasteiger partial charge is 0.306 e. The van der Waals surface area contributed by atoms with Crippen molar-refractivity contribution in [2.75, 3.05) is 20.8 Å². The molecule has 11 nitrogen and oxygen atoms in total. The number of carbonyl (C=O) groups excluding carboxylic acids is 4. The van der Waals surface area contributed by atoms with E-state index in [0.717, 1.165) is 47.4 Å². The number of methoxy groups -OCH3 is 2. The molecule has 7 atom stereocenters. The van der Waals surface area contributed by atoms with E-state index in [1.165, 1.54) is 14.2 Å². The van der Waals surface area contributed by atoms with Gasteiger partial charge in [-0.25, -0.2) is 6.57 Å².